The van der Waals surface area contributed by atoms with Gasteiger partial charge in [0.1, 0.15) is 0 Å². The maximum Gasteiger partial charge on any atom is 0.264 e. The number of amides is 1. The van der Waals surface area contributed by atoms with Gasteiger partial charge in [0.05, 0.1) is 25.1 Å². The highest BCUT2D eigenvalue weighted by Gasteiger charge is 2.34. The number of hydrogen-bond acceptors (Lipinski definition) is 4. The first kappa shape index (κ1) is 18.8. The van der Waals surface area contributed by atoms with Crippen molar-refractivity contribution in [1.82, 2.24) is 4.90 Å². The lowest BCUT2D eigenvalue weighted by Gasteiger charge is -2.38. The Bertz CT molecular complexity index is 1000. The van der Waals surface area contributed by atoms with Crippen LogP contribution in [0.3, 0.4) is 0 Å². The average molecular weight is 414 g/mol. The van der Waals surface area contributed by atoms with Gasteiger partial charge in [-0.1, -0.05) is 29.8 Å². The van der Waals surface area contributed by atoms with Gasteiger partial charge in [-0.25, -0.2) is 0 Å². The fraction of sp³-hybridized carbons (Fsp3) is 0.227. The van der Waals surface area contributed by atoms with E-state index in [1.165, 1.54) is 11.3 Å². The quantitative estimate of drug-likeness (QED) is 0.589. The second-order valence-corrected chi connectivity index (χ2v) is 7.97. The Morgan fingerprint density at radius 3 is 2.57 bits per heavy atom. The third kappa shape index (κ3) is 3.36. The summed E-state index contributed by atoms with van der Waals surface area (Å²) in [6.45, 7) is 0.621. The van der Waals surface area contributed by atoms with Gasteiger partial charge < -0.3 is 14.4 Å². The number of halogens is 1. The van der Waals surface area contributed by atoms with Crippen LogP contribution in [0.2, 0.25) is 5.02 Å². The van der Waals surface area contributed by atoms with Crippen molar-refractivity contribution in [1.29, 1.82) is 0 Å². The van der Waals surface area contributed by atoms with E-state index in [9.17, 15) is 4.79 Å². The zero-order valence-electron chi connectivity index (χ0n) is 15.6. The van der Waals surface area contributed by atoms with Crippen LogP contribution in [0.4, 0.5) is 0 Å². The first-order chi connectivity index (χ1) is 13.6. The van der Waals surface area contributed by atoms with Gasteiger partial charge in [-0.05, 0) is 58.8 Å². The predicted molar refractivity (Wildman–Crippen MR) is 112 cm³/mol. The summed E-state index contributed by atoms with van der Waals surface area (Å²) in [5, 5.41) is 2.57. The van der Waals surface area contributed by atoms with E-state index in [4.69, 9.17) is 21.1 Å². The molecule has 0 bridgehead atoms. The third-order valence-electron chi connectivity index (χ3n) is 5.03. The smallest absolute Gasteiger partial charge is 0.264 e. The second kappa shape index (κ2) is 7.86. The number of rotatable bonds is 4. The van der Waals surface area contributed by atoms with Crippen molar-refractivity contribution in [2.45, 2.75) is 12.5 Å². The first-order valence-electron chi connectivity index (χ1n) is 8.97. The fourth-order valence-electron chi connectivity index (χ4n) is 3.74. The molecule has 0 N–H and O–H groups in total. The van der Waals surface area contributed by atoms with Crippen molar-refractivity contribution < 1.29 is 14.3 Å². The minimum Gasteiger partial charge on any atom is -0.493 e. The summed E-state index contributed by atoms with van der Waals surface area (Å²) in [6, 6.07) is 15.2. The molecule has 28 heavy (non-hydrogen) atoms. The van der Waals surface area contributed by atoms with Crippen LogP contribution < -0.4 is 9.47 Å². The summed E-state index contributed by atoms with van der Waals surface area (Å²) in [5.74, 6) is 1.38. The number of carbonyl (C=O) groups is 1. The molecule has 1 aromatic heterocycles. The number of nitrogens with zero attached hydrogens (tertiary/aromatic N) is 1. The molecular formula is C22H20ClNO3S. The number of methoxy groups -OCH3 is 2. The highest BCUT2D eigenvalue weighted by Crippen LogP contribution is 2.42. The van der Waals surface area contributed by atoms with E-state index in [1.54, 1.807) is 14.2 Å². The maximum atomic E-state index is 13.3. The highest BCUT2D eigenvalue weighted by molar-refractivity contribution is 7.12. The minimum atomic E-state index is -0.239. The van der Waals surface area contributed by atoms with Gasteiger partial charge in [0.2, 0.25) is 0 Å². The largest absolute Gasteiger partial charge is 0.493 e. The molecule has 0 radical (unpaired) electrons. The number of benzene rings is 2. The van der Waals surface area contributed by atoms with Gasteiger partial charge in [-0.3, -0.25) is 4.79 Å². The lowest BCUT2D eigenvalue weighted by molar-refractivity contribution is 0.0699. The van der Waals surface area contributed by atoms with Crippen LogP contribution in [-0.2, 0) is 6.42 Å². The standard InChI is InChI=1S/C22H20ClNO3S/c1-26-18-12-14-8-9-24(22(25)20-7-4-10-28-20)21(17(14)13-19(18)27-2)15-5-3-6-16(23)11-15/h3-7,10-13,21H,8-9H2,1-2H3/t21-/m0/s1. The van der Waals surface area contributed by atoms with Gasteiger partial charge in [-0.2, -0.15) is 0 Å². The van der Waals surface area contributed by atoms with E-state index in [1.807, 2.05) is 58.8 Å². The second-order valence-electron chi connectivity index (χ2n) is 6.59. The van der Waals surface area contributed by atoms with Gasteiger partial charge in [0.15, 0.2) is 11.5 Å². The third-order valence-corrected chi connectivity index (χ3v) is 6.12. The molecule has 6 heteroatoms. The Labute approximate surface area is 173 Å². The molecule has 1 atom stereocenters. The number of fused-ring (bicyclic) bond motifs is 1. The van der Waals surface area contributed by atoms with E-state index in [-0.39, 0.29) is 11.9 Å². The molecule has 144 valence electrons. The zero-order chi connectivity index (χ0) is 19.7. The lowest BCUT2D eigenvalue weighted by atomic mass is 9.87. The van der Waals surface area contributed by atoms with Crippen LogP contribution in [0.25, 0.3) is 0 Å². The number of thiophene rings is 1. The van der Waals surface area contributed by atoms with E-state index < -0.39 is 0 Å². The average Bonchev–Trinajstić information content (AvgIpc) is 3.26. The van der Waals surface area contributed by atoms with Crippen LogP contribution in [-0.4, -0.2) is 31.6 Å². The minimum absolute atomic E-state index is 0.0282. The molecular weight excluding hydrogens is 394 g/mol. The van der Waals surface area contributed by atoms with E-state index in [2.05, 4.69) is 0 Å². The molecule has 0 saturated heterocycles. The molecule has 0 fully saturated rings. The van der Waals surface area contributed by atoms with Crippen molar-refractivity contribution in [3.05, 3.63) is 80.5 Å². The lowest BCUT2D eigenvalue weighted by Crippen LogP contribution is -2.40. The Kier molecular flexibility index (Phi) is 5.29. The molecule has 4 rings (SSSR count). The molecule has 1 amide bonds. The fourth-order valence-corrected chi connectivity index (χ4v) is 4.62. The number of ether oxygens (including phenoxy) is 2. The first-order valence-corrected chi connectivity index (χ1v) is 10.2. The van der Waals surface area contributed by atoms with Crippen LogP contribution in [0.1, 0.15) is 32.4 Å². The van der Waals surface area contributed by atoms with Gasteiger partial charge in [0.25, 0.3) is 5.91 Å². The molecule has 0 spiro atoms. The van der Waals surface area contributed by atoms with Crippen molar-refractivity contribution in [3.8, 4) is 11.5 Å². The zero-order valence-corrected chi connectivity index (χ0v) is 17.2. The molecule has 0 unspecified atom stereocenters. The molecule has 0 aliphatic carbocycles. The summed E-state index contributed by atoms with van der Waals surface area (Å²) in [5.41, 5.74) is 3.17. The predicted octanol–water partition coefficient (Wildman–Crippen LogP) is 5.21. The monoisotopic (exact) mass is 413 g/mol. The van der Waals surface area contributed by atoms with Crippen molar-refractivity contribution in [3.63, 3.8) is 0 Å². The summed E-state index contributed by atoms with van der Waals surface area (Å²) in [6.07, 6.45) is 0.754. The summed E-state index contributed by atoms with van der Waals surface area (Å²) in [4.78, 5) is 15.9. The van der Waals surface area contributed by atoms with E-state index in [0.29, 0.717) is 23.1 Å². The van der Waals surface area contributed by atoms with Crippen LogP contribution in [0.5, 0.6) is 11.5 Å². The van der Waals surface area contributed by atoms with Gasteiger partial charge in [-0.15, -0.1) is 11.3 Å². The summed E-state index contributed by atoms with van der Waals surface area (Å²) >= 11 is 7.74. The van der Waals surface area contributed by atoms with Crippen molar-refractivity contribution in [2.75, 3.05) is 20.8 Å². The normalized spacial score (nSPS) is 15.8. The molecule has 2 heterocycles. The Hall–Kier alpha value is -2.50. The Morgan fingerprint density at radius 2 is 1.89 bits per heavy atom. The molecule has 1 aliphatic rings. The molecule has 2 aromatic carbocycles. The maximum absolute atomic E-state index is 13.3. The topological polar surface area (TPSA) is 38.8 Å². The van der Waals surface area contributed by atoms with E-state index >= 15 is 0 Å². The summed E-state index contributed by atoms with van der Waals surface area (Å²) in [7, 11) is 3.25. The molecule has 4 nitrogen and oxygen atoms in total. The highest BCUT2D eigenvalue weighted by atomic mass is 35.5. The number of hydrogen-bond donors (Lipinski definition) is 0. The van der Waals surface area contributed by atoms with Crippen molar-refractivity contribution >= 4 is 28.8 Å². The molecule has 0 saturated carbocycles. The Morgan fingerprint density at radius 1 is 1.11 bits per heavy atom. The summed E-state index contributed by atoms with van der Waals surface area (Å²) < 4.78 is 11.0. The van der Waals surface area contributed by atoms with Gasteiger partial charge >= 0.3 is 0 Å². The number of carbonyl (C=O) groups excluding carboxylic acids is 1. The van der Waals surface area contributed by atoms with Crippen LogP contribution in [0.15, 0.2) is 53.9 Å². The van der Waals surface area contributed by atoms with Gasteiger partial charge in [0, 0.05) is 11.6 Å². The van der Waals surface area contributed by atoms with Crippen LogP contribution >= 0.6 is 22.9 Å². The van der Waals surface area contributed by atoms with E-state index in [0.717, 1.165) is 28.0 Å². The molecule has 1 aliphatic heterocycles. The Balaban J connectivity index is 1.87. The molecule has 3 aromatic rings. The van der Waals surface area contributed by atoms with Crippen molar-refractivity contribution in [2.24, 2.45) is 0 Å². The van der Waals surface area contributed by atoms with Crippen LogP contribution in [0, 0.1) is 0 Å². The SMILES string of the molecule is COc1cc2c(cc1OC)[C@H](c1cccc(Cl)c1)N(C(=O)c1cccs1)CC2.